The third kappa shape index (κ3) is 4.40. The Bertz CT molecular complexity index is 1350. The number of imidazole rings is 1. The third-order valence-electron chi connectivity index (χ3n) is 5.54. The van der Waals surface area contributed by atoms with Gasteiger partial charge in [0.2, 0.25) is 0 Å². The lowest BCUT2D eigenvalue weighted by atomic mass is 10.1. The van der Waals surface area contributed by atoms with Gasteiger partial charge in [-0.15, -0.1) is 0 Å². The summed E-state index contributed by atoms with van der Waals surface area (Å²) in [6.45, 7) is 4.12. The van der Waals surface area contributed by atoms with Crippen molar-refractivity contribution in [1.82, 2.24) is 19.3 Å². The molecule has 176 valence electrons. The van der Waals surface area contributed by atoms with Crippen molar-refractivity contribution in [2.24, 2.45) is 0 Å². The minimum atomic E-state index is -0.526. The number of hydrogen-bond acceptors (Lipinski definition) is 5. The molecule has 9 heteroatoms. The summed E-state index contributed by atoms with van der Waals surface area (Å²) >= 11 is 10.2. The molecule has 2 heterocycles. The number of halogens is 2. The molecule has 0 aliphatic heterocycles. The highest BCUT2D eigenvalue weighted by atomic mass is 79.9. The summed E-state index contributed by atoms with van der Waals surface area (Å²) in [4.78, 5) is 28.7. The number of aryl methyl sites for hydroxylation is 1. The summed E-state index contributed by atoms with van der Waals surface area (Å²) < 4.78 is 8.81. The molecule has 0 saturated carbocycles. The maximum Gasteiger partial charge on any atom is 0.340 e. The summed E-state index contributed by atoms with van der Waals surface area (Å²) in [7, 11) is 0. The molecule has 0 aliphatic carbocycles. The lowest BCUT2D eigenvalue weighted by molar-refractivity contribution is 0.0526. The van der Waals surface area contributed by atoms with Crippen LogP contribution in [0.3, 0.4) is 0 Å². The van der Waals surface area contributed by atoms with Crippen molar-refractivity contribution in [2.45, 2.75) is 38.1 Å². The zero-order valence-electron chi connectivity index (χ0n) is 18.9. The first-order chi connectivity index (χ1) is 16.5. The van der Waals surface area contributed by atoms with E-state index < -0.39 is 10.9 Å². The Hall–Kier alpha value is -2.97. The van der Waals surface area contributed by atoms with Crippen LogP contribution in [0.4, 0.5) is 0 Å². The standard InChI is InChI=1S/C25H24BrClN4O3/c1-3-5-14-21-28-24(27)20(15-32)30(21)23(26)22-16-10-6-8-12-18(16)29-31(22)19-13-9-7-11-17(19)25(33)34-4-2/h6-13,15,23H,3-5,14H2,1-2H3. The highest BCUT2D eigenvalue weighted by Gasteiger charge is 2.28. The number of unbranched alkanes of at least 4 members (excludes halogenated alkanes) is 1. The Labute approximate surface area is 210 Å². The van der Waals surface area contributed by atoms with Crippen LogP contribution in [-0.2, 0) is 11.2 Å². The zero-order chi connectivity index (χ0) is 24.2. The number of hydrogen-bond donors (Lipinski definition) is 0. The molecular weight excluding hydrogens is 520 g/mol. The zero-order valence-corrected chi connectivity index (χ0v) is 21.2. The molecule has 7 nitrogen and oxygen atoms in total. The van der Waals surface area contributed by atoms with Crippen molar-refractivity contribution in [3.63, 3.8) is 0 Å². The lowest BCUT2D eigenvalue weighted by Gasteiger charge is -2.19. The normalized spacial score (nSPS) is 12.1. The van der Waals surface area contributed by atoms with Crippen molar-refractivity contribution in [2.75, 3.05) is 6.61 Å². The maximum absolute atomic E-state index is 12.7. The van der Waals surface area contributed by atoms with Crippen LogP contribution in [0.2, 0.25) is 5.15 Å². The maximum atomic E-state index is 12.7. The monoisotopic (exact) mass is 542 g/mol. The van der Waals surface area contributed by atoms with Gasteiger partial charge in [-0.25, -0.2) is 14.5 Å². The number of esters is 1. The Morgan fingerprint density at radius 1 is 1.18 bits per heavy atom. The molecule has 4 rings (SSSR count). The minimum Gasteiger partial charge on any atom is -0.462 e. The fourth-order valence-corrected chi connectivity index (χ4v) is 5.09. The molecule has 2 aromatic heterocycles. The average molecular weight is 544 g/mol. The van der Waals surface area contributed by atoms with Crippen LogP contribution in [0.5, 0.6) is 0 Å². The van der Waals surface area contributed by atoms with E-state index in [-0.39, 0.29) is 17.5 Å². The van der Waals surface area contributed by atoms with Crippen molar-refractivity contribution in [3.8, 4) is 5.69 Å². The van der Waals surface area contributed by atoms with E-state index >= 15 is 0 Å². The summed E-state index contributed by atoms with van der Waals surface area (Å²) in [6.07, 6.45) is 3.25. The van der Waals surface area contributed by atoms with Crippen molar-refractivity contribution in [3.05, 3.63) is 76.5 Å². The molecule has 1 unspecified atom stereocenters. The fraction of sp³-hybridized carbons (Fsp3) is 0.280. The predicted molar refractivity (Wildman–Crippen MR) is 135 cm³/mol. The Morgan fingerprint density at radius 2 is 1.91 bits per heavy atom. The first-order valence-electron chi connectivity index (χ1n) is 11.1. The molecule has 0 spiro atoms. The molecule has 0 fully saturated rings. The number of nitrogens with zero attached hydrogens (tertiary/aromatic N) is 4. The number of aldehydes is 1. The first kappa shape index (κ1) is 24.2. The molecule has 0 aliphatic rings. The molecule has 0 N–H and O–H groups in total. The average Bonchev–Trinajstić information content (AvgIpc) is 3.39. The minimum absolute atomic E-state index is 0.160. The van der Waals surface area contributed by atoms with Gasteiger partial charge in [-0.2, -0.15) is 5.10 Å². The molecule has 4 aromatic rings. The predicted octanol–water partition coefficient (Wildman–Crippen LogP) is 6.15. The summed E-state index contributed by atoms with van der Waals surface area (Å²) in [5.74, 6) is 0.268. The second kappa shape index (κ2) is 10.5. The lowest BCUT2D eigenvalue weighted by Crippen LogP contribution is -2.17. The largest absolute Gasteiger partial charge is 0.462 e. The number of para-hydroxylation sites is 1. The number of carbonyl (C=O) groups is 2. The van der Waals surface area contributed by atoms with Gasteiger partial charge in [-0.3, -0.25) is 4.79 Å². The quantitative estimate of drug-likeness (QED) is 0.144. The second-order valence-electron chi connectivity index (χ2n) is 7.68. The van der Waals surface area contributed by atoms with E-state index in [0.29, 0.717) is 29.8 Å². The number of rotatable bonds is 9. The number of fused-ring (bicyclic) bond motifs is 1. The molecule has 2 aromatic carbocycles. The second-order valence-corrected chi connectivity index (χ2v) is 8.91. The van der Waals surface area contributed by atoms with Crippen LogP contribution in [0, 0.1) is 0 Å². The van der Waals surface area contributed by atoms with E-state index in [2.05, 4.69) is 27.8 Å². The van der Waals surface area contributed by atoms with Crippen LogP contribution in [0.15, 0.2) is 48.5 Å². The van der Waals surface area contributed by atoms with Gasteiger partial charge >= 0.3 is 5.97 Å². The number of aromatic nitrogens is 4. The molecule has 0 radical (unpaired) electrons. The van der Waals surface area contributed by atoms with Crippen LogP contribution < -0.4 is 0 Å². The van der Waals surface area contributed by atoms with Gasteiger partial charge in [0.15, 0.2) is 11.4 Å². The van der Waals surface area contributed by atoms with Crippen LogP contribution in [-0.4, -0.2) is 38.2 Å². The van der Waals surface area contributed by atoms with E-state index in [1.807, 2.05) is 36.4 Å². The van der Waals surface area contributed by atoms with E-state index in [0.717, 1.165) is 29.4 Å². The van der Waals surface area contributed by atoms with Crippen molar-refractivity contribution < 1.29 is 14.3 Å². The molecule has 1 atom stereocenters. The topological polar surface area (TPSA) is 79.0 Å². The Morgan fingerprint density at radius 3 is 2.65 bits per heavy atom. The van der Waals surface area contributed by atoms with Crippen molar-refractivity contribution in [1.29, 1.82) is 0 Å². The molecular formula is C25H24BrClN4O3. The van der Waals surface area contributed by atoms with Crippen LogP contribution in [0.25, 0.3) is 16.6 Å². The highest BCUT2D eigenvalue weighted by Crippen LogP contribution is 2.37. The van der Waals surface area contributed by atoms with Gasteiger partial charge in [-0.1, -0.05) is 71.2 Å². The smallest absolute Gasteiger partial charge is 0.340 e. The van der Waals surface area contributed by atoms with Gasteiger partial charge in [-0.05, 0) is 31.5 Å². The van der Waals surface area contributed by atoms with E-state index in [9.17, 15) is 9.59 Å². The van der Waals surface area contributed by atoms with E-state index in [1.54, 1.807) is 28.3 Å². The molecule has 0 bridgehead atoms. The van der Waals surface area contributed by atoms with Gasteiger partial charge in [0.05, 0.1) is 29.1 Å². The Kier molecular flexibility index (Phi) is 7.48. The van der Waals surface area contributed by atoms with Crippen molar-refractivity contribution >= 4 is 50.7 Å². The van der Waals surface area contributed by atoms with Gasteiger partial charge < -0.3 is 9.30 Å². The third-order valence-corrected chi connectivity index (χ3v) is 6.66. The van der Waals surface area contributed by atoms with Gasteiger partial charge in [0.1, 0.15) is 16.5 Å². The fourth-order valence-electron chi connectivity index (χ4n) is 3.96. The SMILES string of the molecule is CCCCc1nc(Cl)c(C=O)n1C(Br)c1c2ccccc2nn1-c1ccccc1C(=O)OCC. The van der Waals surface area contributed by atoms with Gasteiger partial charge in [0.25, 0.3) is 0 Å². The molecule has 0 amide bonds. The molecule has 0 saturated heterocycles. The summed E-state index contributed by atoms with van der Waals surface area (Å²) in [6, 6.07) is 14.9. The number of benzene rings is 2. The highest BCUT2D eigenvalue weighted by molar-refractivity contribution is 9.09. The summed E-state index contributed by atoms with van der Waals surface area (Å²) in [5.41, 5.74) is 2.73. The van der Waals surface area contributed by atoms with E-state index in [1.165, 1.54) is 0 Å². The van der Waals surface area contributed by atoms with Crippen LogP contribution >= 0.6 is 27.5 Å². The van der Waals surface area contributed by atoms with E-state index in [4.69, 9.17) is 21.4 Å². The first-order valence-corrected chi connectivity index (χ1v) is 12.4. The molecule has 34 heavy (non-hydrogen) atoms. The van der Waals surface area contributed by atoms with Crippen LogP contribution in [0.1, 0.15) is 64.0 Å². The Balaban J connectivity index is 1.97. The number of carbonyl (C=O) groups excluding carboxylic acids is 2. The van der Waals surface area contributed by atoms with Gasteiger partial charge in [0, 0.05) is 11.8 Å². The summed E-state index contributed by atoms with van der Waals surface area (Å²) in [5, 5.41) is 5.84. The number of alkyl halides is 1. The number of ether oxygens (including phenoxy) is 1.